The molecule has 1 aromatic carbocycles. The molecule has 162 valence electrons. The number of rotatable bonds is 8. The number of carbonyl (C=O) groups excluding carboxylic acids is 1. The smallest absolute Gasteiger partial charge is 0.297 e. The number of carbonyl (C=O) groups is 1. The Bertz CT molecular complexity index is 953. The molecule has 1 atom stereocenters. The number of benzene rings is 1. The van der Waals surface area contributed by atoms with Crippen LogP contribution in [0.5, 0.6) is 11.5 Å². The largest absolute Gasteiger partial charge is 0.489 e. The van der Waals surface area contributed by atoms with E-state index >= 15 is 0 Å². The summed E-state index contributed by atoms with van der Waals surface area (Å²) in [6, 6.07) is 4.63. The monoisotopic (exact) mass is 438 g/mol. The molecule has 0 spiro atoms. The van der Waals surface area contributed by atoms with E-state index < -0.39 is 17.8 Å². The van der Waals surface area contributed by atoms with Crippen molar-refractivity contribution in [2.45, 2.75) is 32.9 Å². The Balaban J connectivity index is 2.23. The van der Waals surface area contributed by atoms with Gasteiger partial charge in [-0.25, -0.2) is 9.37 Å². The molecular weight excluding hydrogens is 415 g/mol. The lowest BCUT2D eigenvalue weighted by molar-refractivity contribution is 0.0998. The van der Waals surface area contributed by atoms with Crippen molar-refractivity contribution in [3.63, 3.8) is 0 Å². The van der Waals surface area contributed by atoms with Crippen molar-refractivity contribution in [1.82, 2.24) is 4.98 Å². The highest BCUT2D eigenvalue weighted by molar-refractivity contribution is 6.34. The van der Waals surface area contributed by atoms with Gasteiger partial charge in [-0.05, 0) is 39.0 Å². The fraction of sp³-hybridized carbons (Fsp3) is 0.350. The molecule has 1 heterocycles. The zero-order valence-corrected chi connectivity index (χ0v) is 17.6. The summed E-state index contributed by atoms with van der Waals surface area (Å²) < 4.78 is 25.1. The molecule has 2 rings (SSSR count). The number of pyridine rings is 1. The first-order valence-corrected chi connectivity index (χ1v) is 9.51. The van der Waals surface area contributed by atoms with E-state index in [4.69, 9.17) is 37.6 Å². The van der Waals surface area contributed by atoms with Crippen LogP contribution < -0.4 is 20.9 Å². The molecule has 0 radical (unpaired) electrons. The number of aromatic nitrogens is 1. The number of aliphatic hydroxyl groups is 1. The normalized spacial score (nSPS) is 12.7. The average Bonchev–Trinajstić information content (AvgIpc) is 2.68. The summed E-state index contributed by atoms with van der Waals surface area (Å²) in [7, 11) is 0. The summed E-state index contributed by atoms with van der Waals surface area (Å²) in [5, 5.41) is 8.93. The third-order valence-corrected chi connectivity index (χ3v) is 4.14. The van der Waals surface area contributed by atoms with Crippen molar-refractivity contribution in [3.05, 3.63) is 52.1 Å². The lowest BCUT2D eigenvalue weighted by Gasteiger charge is -2.13. The molecule has 1 aromatic heterocycles. The molecule has 0 aliphatic rings. The Morgan fingerprint density at radius 2 is 2.03 bits per heavy atom. The SMILES string of the molecule is Cc1nc(C(=O)N=C(N)c2cc(F)c(OCC(N)CO)cc2Cl)ccc1OC(C)C. The number of aryl methyl sites for hydroxylation is 1. The van der Waals surface area contributed by atoms with Gasteiger partial charge in [0.25, 0.3) is 5.91 Å². The van der Waals surface area contributed by atoms with Gasteiger partial charge in [-0.15, -0.1) is 0 Å². The fourth-order valence-electron chi connectivity index (χ4n) is 2.36. The molecule has 10 heteroatoms. The van der Waals surface area contributed by atoms with Gasteiger partial charge in [0.1, 0.15) is 23.9 Å². The molecule has 8 nitrogen and oxygen atoms in total. The highest BCUT2D eigenvalue weighted by Gasteiger charge is 2.16. The van der Waals surface area contributed by atoms with Gasteiger partial charge in [0.15, 0.2) is 11.6 Å². The van der Waals surface area contributed by atoms with Crippen LogP contribution in [0.25, 0.3) is 0 Å². The van der Waals surface area contributed by atoms with Crippen LogP contribution in [-0.2, 0) is 0 Å². The number of hydrogen-bond donors (Lipinski definition) is 3. The molecule has 0 aliphatic heterocycles. The zero-order valence-electron chi connectivity index (χ0n) is 16.9. The minimum Gasteiger partial charge on any atom is -0.489 e. The van der Waals surface area contributed by atoms with Crippen LogP contribution in [0.4, 0.5) is 4.39 Å². The standard InChI is InChI=1S/C20H24ClFN4O4/c1-10(2)30-17-5-4-16(25-11(17)3)20(28)26-19(24)13-6-15(22)18(7-14(13)21)29-9-12(23)8-27/h4-7,10,12,27H,8-9,23H2,1-3H3,(H2,24,26,28). The summed E-state index contributed by atoms with van der Waals surface area (Å²) in [6.45, 7) is 5.04. The lowest BCUT2D eigenvalue weighted by atomic mass is 10.2. The van der Waals surface area contributed by atoms with E-state index in [1.807, 2.05) is 13.8 Å². The van der Waals surface area contributed by atoms with Crippen LogP contribution in [0.3, 0.4) is 0 Å². The Labute approximate surface area is 178 Å². The maximum Gasteiger partial charge on any atom is 0.297 e. The Kier molecular flexibility index (Phi) is 8.10. The molecule has 0 saturated heterocycles. The highest BCUT2D eigenvalue weighted by atomic mass is 35.5. The van der Waals surface area contributed by atoms with Gasteiger partial charge in [0, 0.05) is 11.6 Å². The molecular formula is C20H24ClFN4O4. The van der Waals surface area contributed by atoms with Crippen molar-refractivity contribution in [2.24, 2.45) is 16.5 Å². The number of amides is 1. The first-order chi connectivity index (χ1) is 14.1. The van der Waals surface area contributed by atoms with Gasteiger partial charge in [0.05, 0.1) is 29.5 Å². The molecule has 30 heavy (non-hydrogen) atoms. The minimum absolute atomic E-state index is 0.0257. The first kappa shape index (κ1) is 23.5. The molecule has 1 amide bonds. The van der Waals surface area contributed by atoms with Gasteiger partial charge < -0.3 is 26.0 Å². The maximum absolute atomic E-state index is 14.3. The van der Waals surface area contributed by atoms with E-state index in [1.165, 1.54) is 12.1 Å². The number of amidine groups is 1. The van der Waals surface area contributed by atoms with Crippen LogP contribution in [-0.4, -0.2) is 47.2 Å². The van der Waals surface area contributed by atoms with Crippen LogP contribution in [0.15, 0.2) is 29.3 Å². The lowest BCUT2D eigenvalue weighted by Crippen LogP contribution is -2.31. The number of aliphatic imine (C=N–C) groups is 1. The molecule has 0 saturated carbocycles. The van der Waals surface area contributed by atoms with Gasteiger partial charge in [-0.2, -0.15) is 4.99 Å². The summed E-state index contributed by atoms with van der Waals surface area (Å²) in [5.74, 6) is -1.36. The average molecular weight is 439 g/mol. The van der Waals surface area contributed by atoms with E-state index in [0.29, 0.717) is 11.4 Å². The van der Waals surface area contributed by atoms with Gasteiger partial charge in [-0.3, -0.25) is 4.79 Å². The second-order valence-electron chi connectivity index (χ2n) is 6.76. The summed E-state index contributed by atoms with van der Waals surface area (Å²) in [6.07, 6.45) is -0.0379. The van der Waals surface area contributed by atoms with E-state index in [2.05, 4.69) is 9.98 Å². The summed E-state index contributed by atoms with van der Waals surface area (Å²) in [5.41, 5.74) is 12.0. The second-order valence-corrected chi connectivity index (χ2v) is 7.17. The Hall–Kier alpha value is -2.75. The Morgan fingerprint density at radius 1 is 1.33 bits per heavy atom. The topological polar surface area (TPSA) is 133 Å². The van der Waals surface area contributed by atoms with Crippen molar-refractivity contribution in [2.75, 3.05) is 13.2 Å². The molecule has 0 bridgehead atoms. The predicted octanol–water partition coefficient (Wildman–Crippen LogP) is 2.21. The highest BCUT2D eigenvalue weighted by Crippen LogP contribution is 2.26. The minimum atomic E-state index is -0.769. The molecule has 2 aromatic rings. The summed E-state index contributed by atoms with van der Waals surface area (Å²) >= 11 is 6.14. The van der Waals surface area contributed by atoms with E-state index in [9.17, 15) is 9.18 Å². The van der Waals surface area contributed by atoms with Gasteiger partial charge in [0.2, 0.25) is 0 Å². The van der Waals surface area contributed by atoms with Crippen LogP contribution in [0.1, 0.15) is 35.6 Å². The number of halogens is 2. The maximum atomic E-state index is 14.3. The number of ether oxygens (including phenoxy) is 2. The number of hydrogen-bond acceptors (Lipinski definition) is 6. The molecule has 1 unspecified atom stereocenters. The van der Waals surface area contributed by atoms with Gasteiger partial charge in [-0.1, -0.05) is 11.6 Å². The van der Waals surface area contributed by atoms with E-state index in [-0.39, 0.29) is 47.2 Å². The quantitative estimate of drug-likeness (QED) is 0.425. The molecule has 0 aliphatic carbocycles. The van der Waals surface area contributed by atoms with Crippen molar-refractivity contribution in [1.29, 1.82) is 0 Å². The van der Waals surface area contributed by atoms with Crippen molar-refractivity contribution < 1.29 is 23.8 Å². The van der Waals surface area contributed by atoms with E-state index in [0.717, 1.165) is 6.07 Å². The Morgan fingerprint density at radius 3 is 2.63 bits per heavy atom. The first-order valence-electron chi connectivity index (χ1n) is 9.13. The second kappa shape index (κ2) is 10.3. The molecule has 5 N–H and O–H groups in total. The third-order valence-electron chi connectivity index (χ3n) is 3.83. The van der Waals surface area contributed by atoms with E-state index in [1.54, 1.807) is 13.0 Å². The van der Waals surface area contributed by atoms with Crippen LogP contribution >= 0.6 is 11.6 Å². The number of nitrogens with two attached hydrogens (primary N) is 2. The summed E-state index contributed by atoms with van der Waals surface area (Å²) in [4.78, 5) is 20.4. The molecule has 0 fully saturated rings. The number of nitrogens with zero attached hydrogens (tertiary/aromatic N) is 2. The van der Waals surface area contributed by atoms with Crippen LogP contribution in [0, 0.1) is 12.7 Å². The number of aliphatic hydroxyl groups excluding tert-OH is 1. The van der Waals surface area contributed by atoms with Gasteiger partial charge >= 0.3 is 0 Å². The fourth-order valence-corrected chi connectivity index (χ4v) is 2.61. The zero-order chi connectivity index (χ0) is 22.4. The van der Waals surface area contributed by atoms with Crippen molar-refractivity contribution in [3.8, 4) is 11.5 Å². The third kappa shape index (κ3) is 6.12. The van der Waals surface area contributed by atoms with Crippen molar-refractivity contribution >= 4 is 23.3 Å². The van der Waals surface area contributed by atoms with Crippen LogP contribution in [0.2, 0.25) is 5.02 Å². The predicted molar refractivity (Wildman–Crippen MR) is 112 cm³/mol.